The van der Waals surface area contributed by atoms with Crippen molar-refractivity contribution in [1.82, 2.24) is 0 Å². The van der Waals surface area contributed by atoms with Crippen LogP contribution in [0.2, 0.25) is 0 Å². The fourth-order valence-electron chi connectivity index (χ4n) is 0.507. The number of hydrogen-bond donors (Lipinski definition) is 0. The first-order valence-corrected chi connectivity index (χ1v) is 3.52. The molecule has 0 aromatic heterocycles. The van der Waals surface area contributed by atoms with Crippen LogP contribution in [0.5, 0.6) is 0 Å². The highest BCUT2D eigenvalue weighted by atomic mass is 35.5. The summed E-state index contributed by atoms with van der Waals surface area (Å²) in [5, 5.41) is 16.8. The molecule has 4 heteroatoms. The molecular formula is C6H6Cl2N2. The maximum absolute atomic E-state index is 8.42. The van der Waals surface area contributed by atoms with Gasteiger partial charge in [0.25, 0.3) is 0 Å². The van der Waals surface area contributed by atoms with Crippen LogP contribution in [0.25, 0.3) is 0 Å². The third-order valence-electron chi connectivity index (χ3n) is 1.15. The first-order valence-electron chi connectivity index (χ1n) is 2.77. The van der Waals surface area contributed by atoms with Gasteiger partial charge in [0.2, 0.25) is 4.33 Å². The summed E-state index contributed by atoms with van der Waals surface area (Å²) in [5.74, 6) is -0.610. The molecule has 0 aliphatic carbocycles. The van der Waals surface area contributed by atoms with E-state index in [0.717, 1.165) is 0 Å². The van der Waals surface area contributed by atoms with Gasteiger partial charge in [-0.2, -0.15) is 10.5 Å². The van der Waals surface area contributed by atoms with Gasteiger partial charge in [-0.3, -0.25) is 0 Å². The predicted molar refractivity (Wildman–Crippen MR) is 39.4 cm³/mol. The average molecular weight is 177 g/mol. The first-order chi connectivity index (χ1) is 4.58. The average Bonchev–Trinajstić information content (AvgIpc) is 1.90. The molecule has 0 rings (SSSR count). The van der Waals surface area contributed by atoms with Crippen LogP contribution in [0.15, 0.2) is 0 Å². The third kappa shape index (κ3) is 2.06. The van der Waals surface area contributed by atoms with Crippen molar-refractivity contribution < 1.29 is 0 Å². The molecule has 1 atom stereocenters. The summed E-state index contributed by atoms with van der Waals surface area (Å²) in [7, 11) is 0. The van der Waals surface area contributed by atoms with Gasteiger partial charge in [0.15, 0.2) is 0 Å². The molecule has 0 bridgehead atoms. The van der Waals surface area contributed by atoms with Gasteiger partial charge < -0.3 is 0 Å². The molecule has 10 heavy (non-hydrogen) atoms. The Morgan fingerprint density at radius 3 is 2.10 bits per heavy atom. The van der Waals surface area contributed by atoms with Crippen molar-refractivity contribution in [3.63, 3.8) is 0 Å². The standard InChI is InChI=1S/C6H6Cl2N2/c1-2-5(3-9)6(7,8)4-10/h5H,2H2,1H3. The highest BCUT2D eigenvalue weighted by molar-refractivity contribution is 6.50. The molecule has 0 saturated heterocycles. The molecule has 0 aromatic carbocycles. The maximum Gasteiger partial charge on any atom is 0.218 e. The molecule has 0 aliphatic heterocycles. The van der Waals surface area contributed by atoms with E-state index in [1.165, 1.54) is 0 Å². The van der Waals surface area contributed by atoms with E-state index in [1.54, 1.807) is 13.0 Å². The molecule has 0 saturated carbocycles. The van der Waals surface area contributed by atoms with E-state index >= 15 is 0 Å². The minimum Gasteiger partial charge on any atom is -0.198 e. The van der Waals surface area contributed by atoms with Crippen molar-refractivity contribution in [2.75, 3.05) is 0 Å². The van der Waals surface area contributed by atoms with Crippen LogP contribution in [-0.4, -0.2) is 4.33 Å². The number of nitrogens with zero attached hydrogens (tertiary/aromatic N) is 2. The van der Waals surface area contributed by atoms with Gasteiger partial charge in [0.05, 0.1) is 12.0 Å². The van der Waals surface area contributed by atoms with Gasteiger partial charge in [-0.25, -0.2) is 0 Å². The Morgan fingerprint density at radius 2 is 2.00 bits per heavy atom. The van der Waals surface area contributed by atoms with Crippen LogP contribution in [0.1, 0.15) is 13.3 Å². The lowest BCUT2D eigenvalue weighted by molar-refractivity contribution is 0.628. The number of rotatable bonds is 2. The van der Waals surface area contributed by atoms with Crippen molar-refractivity contribution in [2.24, 2.45) is 5.92 Å². The fraction of sp³-hybridized carbons (Fsp3) is 0.667. The topological polar surface area (TPSA) is 47.6 Å². The Hall–Kier alpha value is -0.440. The number of nitriles is 2. The van der Waals surface area contributed by atoms with E-state index in [4.69, 9.17) is 33.7 Å². The molecule has 0 N–H and O–H groups in total. The number of halogens is 2. The lowest BCUT2D eigenvalue weighted by Gasteiger charge is -2.13. The minimum atomic E-state index is -1.55. The Kier molecular flexibility index (Phi) is 3.50. The summed E-state index contributed by atoms with van der Waals surface area (Å²) in [4.78, 5) is 0. The molecule has 0 aliphatic rings. The number of hydrogen-bond acceptors (Lipinski definition) is 2. The zero-order valence-corrected chi connectivity index (χ0v) is 6.95. The lowest BCUT2D eigenvalue weighted by Crippen LogP contribution is -2.21. The molecule has 0 fully saturated rings. The molecule has 54 valence electrons. The van der Waals surface area contributed by atoms with E-state index in [-0.39, 0.29) is 0 Å². The SMILES string of the molecule is CCC(C#N)C(Cl)(Cl)C#N. The van der Waals surface area contributed by atoms with Crippen LogP contribution in [0, 0.1) is 28.6 Å². The summed E-state index contributed by atoms with van der Waals surface area (Å²) in [5.41, 5.74) is 0. The van der Waals surface area contributed by atoms with Gasteiger partial charge in [0.1, 0.15) is 6.07 Å². The Balaban J connectivity index is 4.34. The highest BCUT2D eigenvalue weighted by Gasteiger charge is 2.33. The van der Waals surface area contributed by atoms with Crippen molar-refractivity contribution in [2.45, 2.75) is 17.7 Å². The summed E-state index contributed by atoms with van der Waals surface area (Å²) in [6.45, 7) is 1.75. The summed E-state index contributed by atoms with van der Waals surface area (Å²) in [6.07, 6.45) is 0.483. The smallest absolute Gasteiger partial charge is 0.198 e. The van der Waals surface area contributed by atoms with E-state index in [0.29, 0.717) is 6.42 Å². The van der Waals surface area contributed by atoms with Gasteiger partial charge in [0, 0.05) is 0 Å². The molecule has 1 unspecified atom stereocenters. The molecule has 0 amide bonds. The van der Waals surface area contributed by atoms with E-state index in [2.05, 4.69) is 0 Å². The van der Waals surface area contributed by atoms with Crippen molar-refractivity contribution >= 4 is 23.2 Å². The molecule has 0 spiro atoms. The maximum atomic E-state index is 8.42. The summed E-state index contributed by atoms with van der Waals surface area (Å²) >= 11 is 10.9. The van der Waals surface area contributed by atoms with Gasteiger partial charge >= 0.3 is 0 Å². The van der Waals surface area contributed by atoms with Crippen LogP contribution in [0.3, 0.4) is 0 Å². The van der Waals surface area contributed by atoms with E-state index in [1.807, 2.05) is 6.07 Å². The fourth-order valence-corrected chi connectivity index (χ4v) is 0.913. The quantitative estimate of drug-likeness (QED) is 0.607. The Labute approximate surface area is 70.0 Å². The predicted octanol–water partition coefficient (Wildman–Crippen LogP) is 2.23. The summed E-state index contributed by atoms with van der Waals surface area (Å²) < 4.78 is -1.55. The normalized spacial score (nSPS) is 13.3. The molecule has 0 radical (unpaired) electrons. The second-order valence-electron chi connectivity index (χ2n) is 1.82. The third-order valence-corrected chi connectivity index (χ3v) is 1.85. The van der Waals surface area contributed by atoms with E-state index in [9.17, 15) is 0 Å². The largest absolute Gasteiger partial charge is 0.218 e. The van der Waals surface area contributed by atoms with E-state index < -0.39 is 10.3 Å². The Bertz CT molecular complexity index is 187. The van der Waals surface area contributed by atoms with Crippen molar-refractivity contribution in [1.29, 1.82) is 10.5 Å². The van der Waals surface area contributed by atoms with Crippen LogP contribution < -0.4 is 0 Å². The monoisotopic (exact) mass is 176 g/mol. The minimum absolute atomic E-state index is 0.483. The molecule has 0 heterocycles. The van der Waals surface area contributed by atoms with Gasteiger partial charge in [-0.1, -0.05) is 30.1 Å². The summed E-state index contributed by atoms with van der Waals surface area (Å²) in [6, 6.07) is 3.51. The second-order valence-corrected chi connectivity index (χ2v) is 3.21. The van der Waals surface area contributed by atoms with Crippen LogP contribution >= 0.6 is 23.2 Å². The van der Waals surface area contributed by atoms with Crippen molar-refractivity contribution in [3.8, 4) is 12.1 Å². The molecule has 0 aromatic rings. The molecular weight excluding hydrogens is 171 g/mol. The second kappa shape index (κ2) is 3.66. The first kappa shape index (κ1) is 9.56. The lowest BCUT2D eigenvalue weighted by atomic mass is 10.1. The van der Waals surface area contributed by atoms with Gasteiger partial charge in [-0.05, 0) is 6.42 Å². The zero-order valence-electron chi connectivity index (χ0n) is 5.43. The van der Waals surface area contributed by atoms with Gasteiger partial charge in [-0.15, -0.1) is 0 Å². The Morgan fingerprint density at radius 1 is 1.50 bits per heavy atom. The zero-order chi connectivity index (χ0) is 8.20. The highest BCUT2D eigenvalue weighted by Crippen LogP contribution is 2.31. The van der Waals surface area contributed by atoms with Crippen molar-refractivity contribution in [3.05, 3.63) is 0 Å². The molecule has 2 nitrogen and oxygen atoms in total. The van der Waals surface area contributed by atoms with Crippen LogP contribution in [-0.2, 0) is 0 Å². The number of alkyl halides is 2. The van der Waals surface area contributed by atoms with Crippen LogP contribution in [0.4, 0.5) is 0 Å².